The maximum absolute atomic E-state index is 7.77. The Morgan fingerprint density at radius 3 is 1.67 bits per heavy atom. The summed E-state index contributed by atoms with van der Waals surface area (Å²) in [6.45, 7) is 8.87. The molecule has 0 N–H and O–H groups in total. The molecule has 0 radical (unpaired) electrons. The van der Waals surface area contributed by atoms with Gasteiger partial charge in [-0.25, -0.2) is 0 Å². The molecular formula is C8H19Al. The van der Waals surface area contributed by atoms with E-state index in [1.807, 2.05) is 0 Å². The van der Waals surface area contributed by atoms with Crippen LogP contribution in [-0.2, 0) is 0 Å². The first-order chi connectivity index (χ1) is 4.52. The predicted molar refractivity (Wildman–Crippen MR) is 46.4 cm³/mol. The van der Waals surface area contributed by atoms with E-state index in [1.165, 1.54) is 10.6 Å². The molecule has 0 aromatic heterocycles. The maximum atomic E-state index is 7.77. The van der Waals surface area contributed by atoms with Gasteiger partial charge in [-0.1, -0.05) is 51.0 Å². The molecule has 0 fully saturated rings. The Balaban J connectivity index is 3.34. The van der Waals surface area contributed by atoms with Crippen LogP contribution in [0.25, 0.3) is 0 Å². The summed E-state index contributed by atoms with van der Waals surface area (Å²) in [7, 11) is 0. The highest BCUT2D eigenvalue weighted by Gasteiger charge is 1.99. The lowest BCUT2D eigenvalue weighted by molar-refractivity contribution is 0.700. The minimum atomic E-state index is -1.07. The summed E-state index contributed by atoms with van der Waals surface area (Å²) < 4.78 is 7.77. The Hall–Kier alpha value is 0.532. The van der Waals surface area contributed by atoms with Crippen molar-refractivity contribution in [1.82, 2.24) is 0 Å². The van der Waals surface area contributed by atoms with Crippen molar-refractivity contribution in [1.29, 1.82) is 0.939 Å². The Bertz CT molecular complexity index is 71.3. The lowest BCUT2D eigenvalue weighted by atomic mass is 10.3. The van der Waals surface area contributed by atoms with Gasteiger partial charge in [0.05, 0.1) is 0 Å². The van der Waals surface area contributed by atoms with Crippen LogP contribution >= 0.6 is 0 Å². The van der Waals surface area contributed by atoms with Crippen molar-refractivity contribution in [2.75, 3.05) is 0 Å². The molecule has 0 saturated carbocycles. The predicted octanol–water partition coefficient (Wildman–Crippen LogP) is 2.57. The minimum absolute atomic E-state index is 0.743. The van der Waals surface area contributed by atoms with Crippen LogP contribution in [0.2, 0.25) is 10.6 Å². The van der Waals surface area contributed by atoms with Gasteiger partial charge in [0.2, 0.25) is 15.1 Å². The molecule has 0 aliphatic rings. The molecule has 0 aromatic carbocycles. The largest absolute Gasteiger partial charge is 0.237 e. The Morgan fingerprint density at radius 2 is 1.44 bits per heavy atom. The molecule has 0 amide bonds. The smallest absolute Gasteiger partial charge is 0.0950 e. The van der Waals surface area contributed by atoms with E-state index in [0.717, 1.165) is 11.8 Å². The van der Waals surface area contributed by atoms with Crippen molar-refractivity contribution in [2.24, 2.45) is 11.8 Å². The summed E-state index contributed by atoms with van der Waals surface area (Å²) in [5.41, 5.74) is 0. The highest BCUT2D eigenvalue weighted by Crippen LogP contribution is 2.05. The van der Waals surface area contributed by atoms with E-state index in [0.29, 0.717) is 0 Å². The second kappa shape index (κ2) is 5.33. The molecule has 0 nitrogen and oxygen atoms in total. The van der Waals surface area contributed by atoms with Crippen LogP contribution in [0.3, 0.4) is 0 Å². The third-order valence-electron chi connectivity index (χ3n) is 1.28. The van der Waals surface area contributed by atoms with Gasteiger partial charge in [0.1, 0.15) is 0 Å². The van der Waals surface area contributed by atoms with Crippen molar-refractivity contribution in [2.45, 2.75) is 38.3 Å². The van der Waals surface area contributed by atoms with Gasteiger partial charge < -0.3 is 0 Å². The monoisotopic (exact) mass is 143 g/mol. The lowest BCUT2D eigenvalue weighted by Gasteiger charge is -2.03. The molecular weight excluding hydrogens is 123 g/mol. The summed E-state index contributed by atoms with van der Waals surface area (Å²) in [5, 5.41) is 2.39. The second-order valence-corrected chi connectivity index (χ2v) is 5.07. The van der Waals surface area contributed by atoms with Gasteiger partial charge in [0, 0.05) is 0 Å². The van der Waals surface area contributed by atoms with Crippen molar-refractivity contribution in [3.63, 3.8) is 0 Å². The molecule has 0 aliphatic carbocycles. The van der Waals surface area contributed by atoms with Gasteiger partial charge in [-0.3, -0.25) is 0 Å². The molecule has 0 spiro atoms. The molecule has 0 heterocycles. The fourth-order valence-corrected chi connectivity index (χ4v) is 2.29. The summed E-state index contributed by atoms with van der Waals surface area (Å²) in [6, 6.07) is 0. The molecule has 0 saturated heterocycles. The average molecular weight is 143 g/mol. The zero-order chi connectivity index (χ0) is 8.15. The van der Waals surface area contributed by atoms with E-state index in [1.54, 1.807) is 0 Å². The molecule has 0 bridgehead atoms. The molecule has 54 valence electrons. The Labute approximate surface area is 66.6 Å². The summed E-state index contributed by atoms with van der Waals surface area (Å²) >= 11 is -1.07. The van der Waals surface area contributed by atoms with Crippen LogP contribution < -0.4 is 0 Å². The van der Waals surface area contributed by atoms with Crippen LogP contribution in [0.1, 0.15) is 27.7 Å². The van der Waals surface area contributed by atoms with Crippen molar-refractivity contribution < 1.29 is 0 Å². The topological polar surface area (TPSA) is 0 Å². The highest BCUT2D eigenvalue weighted by molar-refractivity contribution is 6.35. The zero-order valence-electron chi connectivity index (χ0n) is 8.15. The summed E-state index contributed by atoms with van der Waals surface area (Å²) in [6.07, 6.45) is 0. The van der Waals surface area contributed by atoms with E-state index in [2.05, 4.69) is 27.7 Å². The van der Waals surface area contributed by atoms with Crippen molar-refractivity contribution in [3.8, 4) is 0 Å². The van der Waals surface area contributed by atoms with E-state index in [4.69, 9.17) is 0.939 Å². The molecule has 0 unspecified atom stereocenters. The highest BCUT2D eigenvalue weighted by atomic mass is 27.1. The van der Waals surface area contributed by atoms with Gasteiger partial charge in [0.25, 0.3) is 0 Å². The Morgan fingerprint density at radius 1 is 1.11 bits per heavy atom. The first kappa shape index (κ1) is 7.64. The lowest BCUT2D eigenvalue weighted by Crippen LogP contribution is -1.99. The van der Waals surface area contributed by atoms with E-state index in [-0.39, 0.29) is 0 Å². The summed E-state index contributed by atoms with van der Waals surface area (Å²) in [4.78, 5) is 0. The zero-order valence-corrected chi connectivity index (χ0v) is 8.30. The SMILES string of the molecule is [2H][Al]([CH2]C(C)C)[CH2]C(C)C. The normalized spacial score (nSPS) is 12.4. The van der Waals surface area contributed by atoms with Crippen molar-refractivity contribution in [3.05, 3.63) is 0 Å². The minimum Gasteiger partial charge on any atom is -0.0950 e. The van der Waals surface area contributed by atoms with Gasteiger partial charge >= 0.3 is 0 Å². The standard InChI is InChI=1S/2C4H9.Al.H/c2*1-4(2)3;;/h2*4H,1H2,2-3H3;;/i;;;1+1. The van der Waals surface area contributed by atoms with E-state index < -0.39 is 15.1 Å². The van der Waals surface area contributed by atoms with Crippen molar-refractivity contribution >= 4 is 15.1 Å². The number of hydrogen-bond donors (Lipinski definition) is 0. The van der Waals surface area contributed by atoms with Gasteiger partial charge in [-0.2, -0.15) is 0 Å². The first-order valence-corrected chi connectivity index (χ1v) is 5.58. The quantitative estimate of drug-likeness (QED) is 0.530. The first-order valence-electron chi connectivity index (χ1n) is 4.52. The average Bonchev–Trinajstić information content (AvgIpc) is 1.58. The molecule has 0 aromatic rings. The Kier molecular flexibility index (Phi) is 4.52. The van der Waals surface area contributed by atoms with Crippen LogP contribution in [-0.4, -0.2) is 16.0 Å². The van der Waals surface area contributed by atoms with Gasteiger partial charge in [-0.05, 0) is 0 Å². The van der Waals surface area contributed by atoms with Crippen LogP contribution in [0.15, 0.2) is 0 Å². The molecule has 0 atom stereocenters. The van der Waals surface area contributed by atoms with Gasteiger partial charge in [-0.15, -0.1) is 0 Å². The molecule has 0 rings (SSSR count). The molecule has 0 aliphatic heterocycles. The fourth-order valence-electron chi connectivity index (χ4n) is 0.763. The third-order valence-corrected chi connectivity index (χ3v) is 3.83. The number of rotatable bonds is 4. The van der Waals surface area contributed by atoms with Crippen LogP contribution in [0.4, 0.5) is 0 Å². The maximum Gasteiger partial charge on any atom is 0.237 e. The molecule has 1 heteroatoms. The van der Waals surface area contributed by atoms with E-state index in [9.17, 15) is 0 Å². The number of hydrogen-bond acceptors (Lipinski definition) is 0. The summed E-state index contributed by atoms with van der Waals surface area (Å²) in [5.74, 6) is 1.49. The second-order valence-electron chi connectivity index (χ2n) is 3.55. The third kappa shape index (κ3) is 8.53. The van der Waals surface area contributed by atoms with Gasteiger partial charge in [0.15, 0.2) is 0 Å². The molecule has 9 heavy (non-hydrogen) atoms. The fraction of sp³-hybridized carbons (Fsp3) is 1.00. The van der Waals surface area contributed by atoms with Crippen LogP contribution in [0.5, 0.6) is 0 Å². The van der Waals surface area contributed by atoms with Crippen LogP contribution in [0, 0.1) is 11.8 Å². The van der Waals surface area contributed by atoms with E-state index >= 15 is 0 Å².